The number of amidine groups is 1. The Hall–Kier alpha value is -1.89. The first-order valence-electron chi connectivity index (χ1n) is 11.1. The number of nitrogens with zero attached hydrogens (tertiary/aromatic N) is 1. The van der Waals surface area contributed by atoms with Crippen LogP contribution in [-0.4, -0.2) is 32.7 Å². The maximum Gasteiger partial charge on any atom is 0.263 e. The number of amides is 1. The third-order valence-electron chi connectivity index (χ3n) is 8.12. The number of hydrogen-bond donors (Lipinski definition) is 2. The highest BCUT2D eigenvalue weighted by molar-refractivity contribution is 7.90. The van der Waals surface area contributed by atoms with Gasteiger partial charge >= 0.3 is 0 Å². The lowest BCUT2D eigenvalue weighted by atomic mass is 9.69. The van der Waals surface area contributed by atoms with Crippen molar-refractivity contribution in [3.63, 3.8) is 0 Å². The summed E-state index contributed by atoms with van der Waals surface area (Å²) in [4.78, 5) is 17.2. The number of carbonyl (C=O) groups is 1. The topological polar surface area (TPSA) is 87.6 Å². The van der Waals surface area contributed by atoms with Gasteiger partial charge in [0, 0.05) is 24.6 Å². The first-order valence-corrected chi connectivity index (χ1v) is 12.6. The summed E-state index contributed by atoms with van der Waals surface area (Å²) in [6, 6.07) is 7.20. The zero-order chi connectivity index (χ0) is 21.6. The number of unbranched alkanes of at least 4 members (excludes halogenated alkanes) is 2. The van der Waals surface area contributed by atoms with E-state index in [1.54, 1.807) is 18.2 Å². The number of fused-ring (bicyclic) bond motifs is 3. The minimum Gasteiger partial charge on any atom is -0.353 e. The molecule has 0 aromatic heterocycles. The third kappa shape index (κ3) is 3.55. The molecule has 0 radical (unpaired) electrons. The van der Waals surface area contributed by atoms with Crippen LogP contribution in [0.15, 0.2) is 34.2 Å². The molecule has 1 aromatic carbocycles. The Morgan fingerprint density at radius 2 is 1.97 bits per heavy atom. The first kappa shape index (κ1) is 21.3. The molecular formula is C23H33N3O3S. The number of nitrogens with one attached hydrogen (secondary N) is 2. The van der Waals surface area contributed by atoms with Gasteiger partial charge in [0.2, 0.25) is 5.91 Å². The van der Waals surface area contributed by atoms with E-state index in [4.69, 9.17) is 0 Å². The van der Waals surface area contributed by atoms with Gasteiger partial charge in [0.25, 0.3) is 10.0 Å². The molecule has 3 aliphatic rings. The molecule has 1 aliphatic heterocycles. The van der Waals surface area contributed by atoms with Gasteiger partial charge in [-0.3, -0.25) is 14.5 Å². The second-order valence-electron chi connectivity index (χ2n) is 9.87. The highest BCUT2D eigenvalue weighted by Crippen LogP contribution is 2.65. The van der Waals surface area contributed by atoms with Gasteiger partial charge in [-0.2, -0.15) is 0 Å². The number of benzene rings is 1. The molecule has 2 fully saturated rings. The Morgan fingerprint density at radius 3 is 2.67 bits per heavy atom. The van der Waals surface area contributed by atoms with Crippen molar-refractivity contribution >= 4 is 21.8 Å². The van der Waals surface area contributed by atoms with Crippen molar-refractivity contribution in [2.24, 2.45) is 21.7 Å². The van der Waals surface area contributed by atoms with E-state index in [1.165, 1.54) is 12.8 Å². The zero-order valence-corrected chi connectivity index (χ0v) is 19.0. The van der Waals surface area contributed by atoms with Crippen LogP contribution in [0.1, 0.15) is 71.3 Å². The Balaban J connectivity index is 1.20. The van der Waals surface area contributed by atoms with E-state index >= 15 is 0 Å². The number of rotatable bonds is 7. The maximum absolute atomic E-state index is 12.5. The van der Waals surface area contributed by atoms with Gasteiger partial charge in [-0.15, -0.1) is 0 Å². The van der Waals surface area contributed by atoms with Crippen LogP contribution in [0.25, 0.3) is 0 Å². The Morgan fingerprint density at radius 1 is 1.20 bits per heavy atom. The van der Waals surface area contributed by atoms with E-state index in [2.05, 4.69) is 35.8 Å². The average Bonchev–Trinajstić information content (AvgIpc) is 3.16. The standard InChI is InChI=1S/C23H33N3O3S/c1-22(2)16-12-13-23(22,3)19(15-16)25-20(27)11-5-4-8-14-24-21-17-9-6-7-10-18(17)30(28,29)26-21/h6-7,9-10,16,19H,4-5,8,11-15H2,1-3H3,(H,24,26)(H,25,27). The molecule has 0 saturated heterocycles. The van der Waals surface area contributed by atoms with Crippen LogP contribution < -0.4 is 10.0 Å². The largest absolute Gasteiger partial charge is 0.353 e. The van der Waals surface area contributed by atoms with E-state index in [0.717, 1.165) is 31.6 Å². The van der Waals surface area contributed by atoms with Gasteiger partial charge in [0.15, 0.2) is 0 Å². The Bertz CT molecular complexity index is 970. The summed E-state index contributed by atoms with van der Waals surface area (Å²) in [7, 11) is -3.48. The molecule has 3 atom stereocenters. The molecule has 1 aromatic rings. The monoisotopic (exact) mass is 431 g/mol. The predicted octanol–water partition coefficient (Wildman–Crippen LogP) is 3.62. The smallest absolute Gasteiger partial charge is 0.263 e. The van der Waals surface area contributed by atoms with Crippen LogP contribution in [0.2, 0.25) is 0 Å². The fourth-order valence-electron chi connectivity index (χ4n) is 5.70. The quantitative estimate of drug-likeness (QED) is 0.647. The number of hydrogen-bond acceptors (Lipinski definition) is 4. The van der Waals surface area contributed by atoms with Crippen LogP contribution in [0, 0.1) is 16.7 Å². The van der Waals surface area contributed by atoms with Gasteiger partial charge in [-0.1, -0.05) is 39.3 Å². The molecule has 7 heteroatoms. The van der Waals surface area contributed by atoms with Crippen LogP contribution in [0.5, 0.6) is 0 Å². The van der Waals surface area contributed by atoms with Gasteiger partial charge in [-0.05, 0) is 61.0 Å². The second kappa shape index (κ2) is 7.66. The minimum atomic E-state index is -3.48. The Labute approximate surface area is 180 Å². The fourth-order valence-corrected chi connectivity index (χ4v) is 6.96. The SMILES string of the molecule is CC1(C)C2CCC1(C)C(NC(=O)CCCCCN=C1NS(=O)(=O)c3ccccc31)C2. The van der Waals surface area contributed by atoms with Crippen molar-refractivity contribution in [1.82, 2.24) is 10.0 Å². The molecular weight excluding hydrogens is 398 g/mol. The summed E-state index contributed by atoms with van der Waals surface area (Å²) in [5.41, 5.74) is 1.16. The summed E-state index contributed by atoms with van der Waals surface area (Å²) in [6.45, 7) is 7.62. The van der Waals surface area contributed by atoms with Crippen molar-refractivity contribution in [3.8, 4) is 0 Å². The zero-order valence-electron chi connectivity index (χ0n) is 18.2. The summed E-state index contributed by atoms with van der Waals surface area (Å²) in [6.07, 6.45) is 6.72. The van der Waals surface area contributed by atoms with Crippen molar-refractivity contribution < 1.29 is 13.2 Å². The lowest BCUT2D eigenvalue weighted by Crippen LogP contribution is -2.46. The highest BCUT2D eigenvalue weighted by Gasteiger charge is 2.61. The minimum absolute atomic E-state index is 0.161. The van der Waals surface area contributed by atoms with Crippen LogP contribution in [0.3, 0.4) is 0 Å². The van der Waals surface area contributed by atoms with Crippen molar-refractivity contribution in [1.29, 1.82) is 0 Å². The van der Waals surface area contributed by atoms with E-state index < -0.39 is 10.0 Å². The predicted molar refractivity (Wildman–Crippen MR) is 118 cm³/mol. The molecule has 2 saturated carbocycles. The first-order chi connectivity index (χ1) is 14.1. The van der Waals surface area contributed by atoms with Crippen molar-refractivity contribution in [2.45, 2.75) is 76.7 Å². The molecule has 30 heavy (non-hydrogen) atoms. The van der Waals surface area contributed by atoms with E-state index in [0.29, 0.717) is 35.8 Å². The number of carbonyl (C=O) groups excluding carboxylic acids is 1. The van der Waals surface area contributed by atoms with Crippen LogP contribution >= 0.6 is 0 Å². The maximum atomic E-state index is 12.5. The molecule has 0 spiro atoms. The molecule has 2 N–H and O–H groups in total. The van der Waals surface area contributed by atoms with Gasteiger partial charge in [-0.25, -0.2) is 8.42 Å². The fraction of sp³-hybridized carbons (Fsp3) is 0.652. The van der Waals surface area contributed by atoms with Crippen LogP contribution in [-0.2, 0) is 14.8 Å². The van der Waals surface area contributed by atoms with E-state index in [9.17, 15) is 13.2 Å². The molecule has 1 amide bonds. The summed E-state index contributed by atoms with van der Waals surface area (Å²) >= 11 is 0. The molecule has 4 rings (SSSR count). The molecule has 3 unspecified atom stereocenters. The summed E-state index contributed by atoms with van der Waals surface area (Å²) < 4.78 is 26.7. The average molecular weight is 432 g/mol. The van der Waals surface area contributed by atoms with Crippen molar-refractivity contribution in [3.05, 3.63) is 29.8 Å². The summed E-state index contributed by atoms with van der Waals surface area (Å²) in [5.74, 6) is 1.31. The van der Waals surface area contributed by atoms with Crippen LogP contribution in [0.4, 0.5) is 0 Å². The molecule has 2 aliphatic carbocycles. The van der Waals surface area contributed by atoms with Gasteiger partial charge in [0.05, 0.1) is 4.90 Å². The lowest BCUT2D eigenvalue weighted by Gasteiger charge is -2.39. The van der Waals surface area contributed by atoms with Gasteiger partial charge < -0.3 is 5.32 Å². The Kier molecular flexibility index (Phi) is 5.45. The molecule has 164 valence electrons. The number of sulfonamides is 1. The molecule has 2 bridgehead atoms. The van der Waals surface area contributed by atoms with E-state index in [1.807, 2.05) is 6.07 Å². The normalized spacial score (nSPS) is 31.5. The van der Waals surface area contributed by atoms with Gasteiger partial charge in [0.1, 0.15) is 5.84 Å². The summed E-state index contributed by atoms with van der Waals surface area (Å²) in [5, 5.41) is 3.32. The number of aliphatic imine (C=N–C) groups is 1. The van der Waals surface area contributed by atoms with Crippen molar-refractivity contribution in [2.75, 3.05) is 6.54 Å². The van der Waals surface area contributed by atoms with E-state index in [-0.39, 0.29) is 16.2 Å². The lowest BCUT2D eigenvalue weighted by molar-refractivity contribution is -0.123. The molecule has 1 heterocycles. The third-order valence-corrected chi connectivity index (χ3v) is 9.52. The molecule has 6 nitrogen and oxygen atoms in total. The second-order valence-corrected chi connectivity index (χ2v) is 11.5. The highest BCUT2D eigenvalue weighted by atomic mass is 32.2.